The van der Waals surface area contributed by atoms with Gasteiger partial charge >= 0.3 is 6.18 Å². The van der Waals surface area contributed by atoms with Gasteiger partial charge in [-0.3, -0.25) is 0 Å². The van der Waals surface area contributed by atoms with Crippen LogP contribution in [0.25, 0.3) is 11.0 Å². The van der Waals surface area contributed by atoms with Crippen molar-refractivity contribution in [2.45, 2.75) is 84.6 Å². The van der Waals surface area contributed by atoms with Crippen LogP contribution in [0.4, 0.5) is 24.8 Å². The van der Waals surface area contributed by atoms with Crippen molar-refractivity contribution in [3.05, 3.63) is 88.5 Å². The molecule has 0 amide bonds. The summed E-state index contributed by atoms with van der Waals surface area (Å²) in [4.78, 5) is 14.7. The molecule has 4 aromatic rings. The lowest BCUT2D eigenvalue weighted by Crippen LogP contribution is -2.50. The number of hydrogen-bond donors (Lipinski definition) is 1. The lowest BCUT2D eigenvalue weighted by atomic mass is 9.86. The van der Waals surface area contributed by atoms with Gasteiger partial charge in [0.2, 0.25) is 5.95 Å². The quantitative estimate of drug-likeness (QED) is 0.239. The number of fused-ring (bicyclic) bond motifs is 1. The van der Waals surface area contributed by atoms with Crippen LogP contribution < -0.4 is 9.80 Å². The maximum absolute atomic E-state index is 14.3. The predicted molar refractivity (Wildman–Crippen MR) is 176 cm³/mol. The molecule has 2 heterocycles. The maximum atomic E-state index is 14.3. The Morgan fingerprint density at radius 2 is 1.32 bits per heavy atom. The second kappa shape index (κ2) is 11.8. The third-order valence-electron chi connectivity index (χ3n) is 8.71. The molecule has 5 rings (SSSR count). The van der Waals surface area contributed by atoms with Gasteiger partial charge in [0.25, 0.3) is 0 Å². The zero-order valence-electron chi connectivity index (χ0n) is 27.3. The van der Waals surface area contributed by atoms with Gasteiger partial charge in [-0.25, -0.2) is 4.98 Å². The van der Waals surface area contributed by atoms with Gasteiger partial charge in [-0.1, -0.05) is 90.1 Å². The third kappa shape index (κ3) is 7.06. The number of alkyl halides is 3. The van der Waals surface area contributed by atoms with Crippen LogP contribution >= 0.6 is 0 Å². The molecule has 1 fully saturated rings. The number of imidazole rings is 1. The van der Waals surface area contributed by atoms with Gasteiger partial charge in [0.15, 0.2) is 0 Å². The van der Waals surface area contributed by atoms with Gasteiger partial charge in [-0.2, -0.15) is 13.2 Å². The minimum Gasteiger partial charge on any atom is -0.361 e. The smallest absolute Gasteiger partial charge is 0.361 e. The summed E-state index contributed by atoms with van der Waals surface area (Å²) < 4.78 is 43.0. The summed E-state index contributed by atoms with van der Waals surface area (Å²) in [5.74, 6) is 0.616. The molecule has 1 N–H and O–H groups in total. The highest BCUT2D eigenvalue weighted by Crippen LogP contribution is 2.38. The number of halogens is 3. The Morgan fingerprint density at radius 1 is 0.795 bits per heavy atom. The Balaban J connectivity index is 1.61. The number of H-pyrrole nitrogens is 1. The molecule has 236 valence electrons. The molecule has 3 aromatic carbocycles. The minimum absolute atomic E-state index is 0.00601. The van der Waals surface area contributed by atoms with E-state index in [1.807, 2.05) is 4.90 Å². The largest absolute Gasteiger partial charge is 0.416 e. The monoisotopic (exact) mass is 605 g/mol. The predicted octanol–water partition coefficient (Wildman–Crippen LogP) is 8.52. The molecule has 1 aliphatic heterocycles. The average Bonchev–Trinajstić information content (AvgIpc) is 3.35. The molecule has 0 bridgehead atoms. The molecular weight excluding hydrogens is 559 g/mol. The molecular formula is C36H46F3N5. The van der Waals surface area contributed by atoms with Gasteiger partial charge in [-0.05, 0) is 59.2 Å². The highest BCUT2D eigenvalue weighted by molar-refractivity contribution is 5.91. The Morgan fingerprint density at radius 3 is 1.77 bits per heavy atom. The van der Waals surface area contributed by atoms with E-state index in [2.05, 4.69) is 119 Å². The molecule has 5 nitrogen and oxygen atoms in total. The Kier molecular flexibility index (Phi) is 8.53. The number of likely N-dealkylation sites (N-methyl/N-ethyl adjacent to an activating group) is 1. The second-order valence-electron chi connectivity index (χ2n) is 14.5. The summed E-state index contributed by atoms with van der Waals surface area (Å²) in [6.07, 6.45) is -4.50. The first-order chi connectivity index (χ1) is 20.5. The first kappa shape index (κ1) is 31.9. The first-order valence-electron chi connectivity index (χ1n) is 15.5. The number of aromatic nitrogens is 2. The van der Waals surface area contributed by atoms with Crippen LogP contribution in [0, 0.1) is 0 Å². The standard InChI is InChI=1S/C36H46F3N5/c1-24-21-42(8)17-18-44(24)33-40-30-19-29(36(37,38)39)20-31(32(30)41-33)43(22-25-9-13-27(14-10-25)34(2,3)4)23-26-11-15-28(16-12-26)35(5,6)7/h9-16,19-20,24H,17-18,21-23H2,1-8H3,(H,40,41). The molecule has 0 radical (unpaired) electrons. The molecule has 1 aromatic heterocycles. The van der Waals surface area contributed by atoms with Crippen molar-refractivity contribution in [2.75, 3.05) is 36.5 Å². The van der Waals surface area contributed by atoms with E-state index in [0.717, 1.165) is 30.8 Å². The first-order valence-corrected chi connectivity index (χ1v) is 15.5. The van der Waals surface area contributed by atoms with E-state index in [-0.39, 0.29) is 16.9 Å². The summed E-state index contributed by atoms with van der Waals surface area (Å²) in [6.45, 7) is 18.5. The molecule has 0 saturated carbocycles. The van der Waals surface area contributed by atoms with Gasteiger partial charge in [0.05, 0.1) is 16.8 Å². The Labute approximate surface area is 260 Å². The lowest BCUT2D eigenvalue weighted by molar-refractivity contribution is -0.137. The van der Waals surface area contributed by atoms with Crippen LogP contribution in [-0.2, 0) is 30.1 Å². The number of piperazine rings is 1. The molecule has 44 heavy (non-hydrogen) atoms. The fourth-order valence-electron chi connectivity index (χ4n) is 5.97. The topological polar surface area (TPSA) is 38.4 Å². The van der Waals surface area contributed by atoms with Crippen molar-refractivity contribution >= 4 is 22.7 Å². The molecule has 1 atom stereocenters. The number of rotatable bonds is 6. The molecule has 8 heteroatoms. The van der Waals surface area contributed by atoms with E-state index in [1.54, 1.807) is 0 Å². The van der Waals surface area contributed by atoms with Crippen LogP contribution in [0.2, 0.25) is 0 Å². The van der Waals surface area contributed by atoms with Crippen LogP contribution in [0.1, 0.15) is 76.3 Å². The minimum atomic E-state index is -4.50. The molecule has 1 saturated heterocycles. The van der Waals surface area contributed by atoms with E-state index in [1.165, 1.54) is 23.3 Å². The van der Waals surface area contributed by atoms with E-state index in [9.17, 15) is 13.2 Å². The van der Waals surface area contributed by atoms with Crippen molar-refractivity contribution in [3.63, 3.8) is 0 Å². The lowest BCUT2D eigenvalue weighted by Gasteiger charge is -2.38. The second-order valence-corrected chi connectivity index (χ2v) is 14.5. The van der Waals surface area contributed by atoms with Crippen LogP contribution in [-0.4, -0.2) is 47.6 Å². The van der Waals surface area contributed by atoms with Crippen molar-refractivity contribution in [1.82, 2.24) is 14.9 Å². The number of hydrogen-bond acceptors (Lipinski definition) is 4. The van der Waals surface area contributed by atoms with Gasteiger partial charge in [0.1, 0.15) is 5.52 Å². The molecule has 1 aliphatic rings. The average molecular weight is 606 g/mol. The fraction of sp³-hybridized carbons (Fsp3) is 0.472. The fourth-order valence-corrected chi connectivity index (χ4v) is 5.97. The number of benzene rings is 3. The van der Waals surface area contributed by atoms with Gasteiger partial charge < -0.3 is 19.7 Å². The van der Waals surface area contributed by atoms with E-state index in [4.69, 9.17) is 4.98 Å². The Bertz CT molecular complexity index is 1510. The normalized spacial score (nSPS) is 17.0. The van der Waals surface area contributed by atoms with E-state index >= 15 is 0 Å². The number of nitrogens with one attached hydrogen (secondary N) is 1. The van der Waals surface area contributed by atoms with Gasteiger partial charge in [-0.15, -0.1) is 0 Å². The van der Waals surface area contributed by atoms with Crippen LogP contribution in [0.3, 0.4) is 0 Å². The Hall–Kier alpha value is -3.52. The van der Waals surface area contributed by atoms with Crippen LogP contribution in [0.5, 0.6) is 0 Å². The number of aromatic amines is 1. The van der Waals surface area contributed by atoms with Crippen molar-refractivity contribution in [2.24, 2.45) is 0 Å². The van der Waals surface area contributed by atoms with Crippen molar-refractivity contribution < 1.29 is 13.2 Å². The zero-order valence-corrected chi connectivity index (χ0v) is 27.3. The maximum Gasteiger partial charge on any atom is 0.416 e. The van der Waals surface area contributed by atoms with Crippen LogP contribution in [0.15, 0.2) is 60.7 Å². The third-order valence-corrected chi connectivity index (χ3v) is 8.71. The molecule has 0 aliphatic carbocycles. The number of anilines is 2. The SMILES string of the molecule is CC1CN(C)CCN1c1nc2c(N(Cc3ccc(C(C)(C)C)cc3)Cc3ccc(C(C)(C)C)cc3)cc(C(F)(F)F)cc2[nH]1. The summed E-state index contributed by atoms with van der Waals surface area (Å²) in [5, 5.41) is 0. The van der Waals surface area contributed by atoms with Crippen molar-refractivity contribution in [1.29, 1.82) is 0 Å². The summed E-state index contributed by atoms with van der Waals surface area (Å²) in [7, 11) is 2.08. The highest BCUT2D eigenvalue weighted by atomic mass is 19.4. The molecule has 0 spiro atoms. The van der Waals surface area contributed by atoms with E-state index in [0.29, 0.717) is 35.8 Å². The zero-order chi connectivity index (χ0) is 32.0. The summed E-state index contributed by atoms with van der Waals surface area (Å²) >= 11 is 0. The van der Waals surface area contributed by atoms with E-state index < -0.39 is 11.7 Å². The highest BCUT2D eigenvalue weighted by Gasteiger charge is 2.33. The number of nitrogens with zero attached hydrogens (tertiary/aromatic N) is 4. The van der Waals surface area contributed by atoms with Gasteiger partial charge in [0, 0.05) is 38.8 Å². The summed E-state index contributed by atoms with van der Waals surface area (Å²) in [5.41, 5.74) is 5.23. The molecule has 1 unspecified atom stereocenters. The summed E-state index contributed by atoms with van der Waals surface area (Å²) in [6, 6.07) is 19.5. The van der Waals surface area contributed by atoms with Crippen molar-refractivity contribution in [3.8, 4) is 0 Å².